The lowest BCUT2D eigenvalue weighted by molar-refractivity contribution is 0.711. The van der Waals surface area contributed by atoms with Crippen LogP contribution in [0, 0.1) is 0 Å². The average Bonchev–Trinajstić information content (AvgIpc) is 2.65. The lowest BCUT2D eigenvalue weighted by Crippen LogP contribution is -2.38. The molecule has 1 aromatic rings. The number of fused-ring (bicyclic) bond motifs is 1. The normalized spacial score (nSPS) is 19.4. The minimum Gasteiger partial charge on any atom is -0.337 e. The molecule has 0 radical (unpaired) electrons. The van der Waals surface area contributed by atoms with Gasteiger partial charge in [0, 0.05) is 18.9 Å². The Morgan fingerprint density at radius 1 is 1.39 bits per heavy atom. The molecule has 1 atom stereocenters. The molecule has 2 rings (SSSR count). The van der Waals surface area contributed by atoms with Crippen molar-refractivity contribution in [2.75, 3.05) is 16.8 Å². The maximum absolute atomic E-state index is 4.44. The fourth-order valence-corrected chi connectivity index (χ4v) is 2.28. The van der Waals surface area contributed by atoms with E-state index in [0.29, 0.717) is 0 Å². The number of rotatable bonds is 3. The van der Waals surface area contributed by atoms with Crippen LogP contribution in [0.4, 0.5) is 11.5 Å². The van der Waals surface area contributed by atoms with Gasteiger partial charge in [-0.05, 0) is 37.6 Å². The zero-order valence-electron chi connectivity index (χ0n) is 11.2. The summed E-state index contributed by atoms with van der Waals surface area (Å²) in [7, 11) is 2.06. The Morgan fingerprint density at radius 2 is 2.11 bits per heavy atom. The first-order valence-electron chi connectivity index (χ1n) is 6.04. The Balaban J connectivity index is 2.59. The van der Waals surface area contributed by atoms with Gasteiger partial charge in [-0.1, -0.05) is 19.2 Å². The lowest BCUT2D eigenvalue weighted by atomic mass is 10.2. The van der Waals surface area contributed by atoms with E-state index < -0.39 is 0 Å². The van der Waals surface area contributed by atoms with Gasteiger partial charge in [0.25, 0.3) is 0 Å². The summed E-state index contributed by atoms with van der Waals surface area (Å²) in [6.45, 7) is 12.0. The Labute approximate surface area is 109 Å². The summed E-state index contributed by atoms with van der Waals surface area (Å²) in [4.78, 5) is 8.85. The number of nitrogens with zero attached hydrogens (tertiary/aromatic N) is 3. The number of aromatic nitrogens is 1. The zero-order chi connectivity index (χ0) is 13.3. The monoisotopic (exact) mass is 241 g/mol. The first-order valence-corrected chi connectivity index (χ1v) is 6.04. The Kier molecular flexibility index (Phi) is 3.24. The van der Waals surface area contributed by atoms with Crippen molar-refractivity contribution in [2.24, 2.45) is 0 Å². The highest BCUT2D eigenvalue weighted by molar-refractivity contribution is 5.77. The largest absolute Gasteiger partial charge is 0.337 e. The van der Waals surface area contributed by atoms with E-state index in [0.717, 1.165) is 22.8 Å². The summed E-state index contributed by atoms with van der Waals surface area (Å²) in [5.41, 5.74) is 3.31. The maximum Gasteiger partial charge on any atom is 0.153 e. The van der Waals surface area contributed by atoms with Crippen LogP contribution < -0.4 is 9.80 Å². The molecule has 3 nitrogen and oxygen atoms in total. The van der Waals surface area contributed by atoms with Crippen molar-refractivity contribution in [1.29, 1.82) is 0 Å². The van der Waals surface area contributed by atoms with E-state index in [4.69, 9.17) is 0 Å². The number of allylic oxidation sites excluding steroid dienone is 3. The molecule has 1 aliphatic heterocycles. The molecule has 0 N–H and O–H groups in total. The van der Waals surface area contributed by atoms with Crippen molar-refractivity contribution in [3.63, 3.8) is 0 Å². The molecule has 3 heteroatoms. The quantitative estimate of drug-likeness (QED) is 0.757. The summed E-state index contributed by atoms with van der Waals surface area (Å²) >= 11 is 0. The van der Waals surface area contributed by atoms with Crippen LogP contribution in [0.1, 0.15) is 13.8 Å². The fraction of sp³-hybridized carbons (Fsp3) is 0.267. The molecule has 1 aliphatic rings. The zero-order valence-corrected chi connectivity index (χ0v) is 11.2. The summed E-state index contributed by atoms with van der Waals surface area (Å²) < 4.78 is 0. The highest BCUT2D eigenvalue weighted by atomic mass is 15.4. The molecule has 0 aromatic carbocycles. The minimum atomic E-state index is 0.220. The van der Waals surface area contributed by atoms with E-state index in [9.17, 15) is 0 Å². The van der Waals surface area contributed by atoms with E-state index in [1.807, 2.05) is 31.3 Å². The highest BCUT2D eigenvalue weighted by Gasteiger charge is 2.32. The van der Waals surface area contributed by atoms with E-state index in [1.54, 1.807) is 0 Å². The van der Waals surface area contributed by atoms with Crippen LogP contribution in [-0.4, -0.2) is 18.2 Å². The highest BCUT2D eigenvalue weighted by Crippen LogP contribution is 2.39. The standard InChI is InChI=1S/C15H19N3/c1-6-11(3)13(7-2)18-12(4)17(5)15-14(18)9-8-10-16-15/h6-10,12H,1-2H2,3-5H3/b13-11+/t12-/m0/s1. The molecule has 0 saturated heterocycles. The molecule has 0 amide bonds. The molecule has 94 valence electrons. The molecule has 0 saturated carbocycles. The van der Waals surface area contributed by atoms with Gasteiger partial charge in [-0.3, -0.25) is 0 Å². The van der Waals surface area contributed by atoms with Crippen LogP contribution in [0.15, 0.2) is 54.9 Å². The van der Waals surface area contributed by atoms with Crippen LogP contribution >= 0.6 is 0 Å². The van der Waals surface area contributed by atoms with E-state index in [2.05, 4.69) is 48.0 Å². The van der Waals surface area contributed by atoms with Crippen molar-refractivity contribution in [3.05, 3.63) is 54.9 Å². The molecule has 0 aliphatic carbocycles. The molecule has 0 bridgehead atoms. The van der Waals surface area contributed by atoms with E-state index >= 15 is 0 Å². The van der Waals surface area contributed by atoms with Gasteiger partial charge < -0.3 is 9.80 Å². The predicted octanol–water partition coefficient (Wildman–Crippen LogP) is 3.33. The van der Waals surface area contributed by atoms with Gasteiger partial charge in [-0.2, -0.15) is 0 Å². The fourth-order valence-electron chi connectivity index (χ4n) is 2.28. The number of hydrogen-bond acceptors (Lipinski definition) is 3. The smallest absolute Gasteiger partial charge is 0.153 e. The van der Waals surface area contributed by atoms with Gasteiger partial charge in [0.1, 0.15) is 6.17 Å². The van der Waals surface area contributed by atoms with Crippen LogP contribution in [0.2, 0.25) is 0 Å². The third kappa shape index (κ3) is 1.72. The molecule has 1 aromatic heterocycles. The van der Waals surface area contributed by atoms with Gasteiger partial charge in [0.15, 0.2) is 5.82 Å². The Hall–Kier alpha value is -2.03. The number of hydrogen-bond donors (Lipinski definition) is 0. The molecule has 2 heterocycles. The number of pyridine rings is 1. The summed E-state index contributed by atoms with van der Waals surface area (Å²) in [6.07, 6.45) is 5.78. The van der Waals surface area contributed by atoms with Crippen LogP contribution in [0.3, 0.4) is 0 Å². The van der Waals surface area contributed by atoms with Gasteiger partial charge in [0.05, 0.1) is 5.69 Å². The van der Waals surface area contributed by atoms with Crippen molar-refractivity contribution in [1.82, 2.24) is 4.98 Å². The van der Waals surface area contributed by atoms with Crippen molar-refractivity contribution >= 4 is 11.5 Å². The first-order chi connectivity index (χ1) is 8.61. The third-order valence-corrected chi connectivity index (χ3v) is 3.46. The van der Waals surface area contributed by atoms with Crippen molar-refractivity contribution < 1.29 is 0 Å². The van der Waals surface area contributed by atoms with E-state index in [-0.39, 0.29) is 6.17 Å². The summed E-state index contributed by atoms with van der Waals surface area (Å²) in [5.74, 6) is 1.00. The molecule has 0 fully saturated rings. The van der Waals surface area contributed by atoms with Gasteiger partial charge in [0.2, 0.25) is 0 Å². The van der Waals surface area contributed by atoms with Crippen LogP contribution in [0.5, 0.6) is 0 Å². The third-order valence-electron chi connectivity index (χ3n) is 3.46. The second-order valence-corrected chi connectivity index (χ2v) is 4.44. The van der Waals surface area contributed by atoms with E-state index in [1.165, 1.54) is 0 Å². The molecule has 18 heavy (non-hydrogen) atoms. The van der Waals surface area contributed by atoms with Crippen LogP contribution in [-0.2, 0) is 0 Å². The molecular formula is C15H19N3. The van der Waals surface area contributed by atoms with Crippen molar-refractivity contribution in [3.8, 4) is 0 Å². The molecule has 0 unspecified atom stereocenters. The van der Waals surface area contributed by atoms with Gasteiger partial charge in [-0.25, -0.2) is 4.98 Å². The van der Waals surface area contributed by atoms with Crippen molar-refractivity contribution in [2.45, 2.75) is 20.0 Å². The summed E-state index contributed by atoms with van der Waals surface area (Å²) in [6, 6.07) is 4.05. The Bertz CT molecular complexity index is 516. The van der Waals surface area contributed by atoms with Gasteiger partial charge >= 0.3 is 0 Å². The summed E-state index contributed by atoms with van der Waals surface area (Å²) in [5, 5.41) is 0. The predicted molar refractivity (Wildman–Crippen MR) is 77.7 cm³/mol. The topological polar surface area (TPSA) is 19.4 Å². The molecular weight excluding hydrogens is 222 g/mol. The minimum absolute atomic E-state index is 0.220. The lowest BCUT2D eigenvalue weighted by Gasteiger charge is -2.29. The van der Waals surface area contributed by atoms with Gasteiger partial charge in [-0.15, -0.1) is 0 Å². The Morgan fingerprint density at radius 3 is 2.72 bits per heavy atom. The molecule has 0 spiro atoms. The maximum atomic E-state index is 4.44. The first kappa shape index (κ1) is 12.4. The SMILES string of the molecule is C=C/C(C)=C(\C=C)N1c2cccnc2N(C)[C@@H]1C. The second kappa shape index (κ2) is 4.69. The number of anilines is 2. The second-order valence-electron chi connectivity index (χ2n) is 4.44. The average molecular weight is 241 g/mol. The van der Waals surface area contributed by atoms with Crippen LogP contribution in [0.25, 0.3) is 0 Å².